The Balaban J connectivity index is 1.47. The number of oxime groups is 1. The summed E-state index contributed by atoms with van der Waals surface area (Å²) in [6.45, 7) is 2.65. The van der Waals surface area contributed by atoms with Gasteiger partial charge in [0.1, 0.15) is 11.9 Å². The molecule has 0 unspecified atom stereocenters. The second-order valence-corrected chi connectivity index (χ2v) is 6.80. The van der Waals surface area contributed by atoms with E-state index in [2.05, 4.69) is 10.1 Å². The number of carboxylic acid groups (broad SMARTS) is 1. The first kappa shape index (κ1) is 17.4. The summed E-state index contributed by atoms with van der Waals surface area (Å²) in [7, 11) is 0. The molecule has 0 aliphatic carbocycles. The number of nitrogens with zero attached hydrogens (tertiary/aromatic N) is 2. The van der Waals surface area contributed by atoms with Crippen molar-refractivity contribution in [2.45, 2.75) is 31.8 Å². The van der Waals surface area contributed by atoms with Crippen LogP contribution < -0.4 is 5.73 Å². The van der Waals surface area contributed by atoms with Crippen molar-refractivity contribution >= 4 is 17.5 Å². The second-order valence-electron chi connectivity index (χ2n) is 6.80. The first-order valence-corrected chi connectivity index (χ1v) is 8.63. The number of nitrogens with one attached hydrogen (secondary N) is 1. The lowest BCUT2D eigenvalue weighted by Crippen LogP contribution is -2.39. The zero-order valence-electron chi connectivity index (χ0n) is 14.1. The number of benzene rings is 1. The number of aliphatic carboxylic acids is 1. The van der Waals surface area contributed by atoms with Crippen LogP contribution >= 0.6 is 0 Å². The van der Waals surface area contributed by atoms with Crippen molar-refractivity contribution in [1.82, 2.24) is 4.90 Å². The molecular formula is C18H24N4O3. The molecule has 2 heterocycles. The zero-order valence-corrected chi connectivity index (χ0v) is 14.1. The summed E-state index contributed by atoms with van der Waals surface area (Å²) in [5.41, 5.74) is 8.08. The molecule has 7 heteroatoms. The van der Waals surface area contributed by atoms with Gasteiger partial charge in [0.05, 0.1) is 5.71 Å². The summed E-state index contributed by atoms with van der Waals surface area (Å²) in [6.07, 6.45) is 2.93. The highest BCUT2D eigenvalue weighted by Crippen LogP contribution is 2.23. The Bertz CT molecular complexity index is 663. The summed E-state index contributed by atoms with van der Waals surface area (Å²) in [6, 6.07) is 7.47. The highest BCUT2D eigenvalue weighted by Gasteiger charge is 2.27. The van der Waals surface area contributed by atoms with Crippen molar-refractivity contribution in [2.24, 2.45) is 16.8 Å². The van der Waals surface area contributed by atoms with Crippen LogP contribution in [0, 0.1) is 11.3 Å². The lowest BCUT2D eigenvalue weighted by molar-refractivity contribution is -0.138. The van der Waals surface area contributed by atoms with E-state index in [0.717, 1.165) is 50.2 Å². The van der Waals surface area contributed by atoms with Gasteiger partial charge in [-0.1, -0.05) is 29.4 Å². The van der Waals surface area contributed by atoms with E-state index in [4.69, 9.17) is 21.1 Å². The van der Waals surface area contributed by atoms with Crippen LogP contribution in [0.25, 0.3) is 0 Å². The molecular weight excluding hydrogens is 320 g/mol. The summed E-state index contributed by atoms with van der Waals surface area (Å²) >= 11 is 0. The third kappa shape index (κ3) is 4.57. The summed E-state index contributed by atoms with van der Waals surface area (Å²) < 4.78 is 0. The number of likely N-dealkylation sites (tertiary alicyclic amines) is 1. The van der Waals surface area contributed by atoms with Gasteiger partial charge in [-0.25, -0.2) is 0 Å². The largest absolute Gasteiger partial charge is 0.481 e. The number of hydrogen-bond donors (Lipinski definition) is 3. The Morgan fingerprint density at radius 1 is 1.32 bits per heavy atom. The molecule has 134 valence electrons. The van der Waals surface area contributed by atoms with Crippen LogP contribution in [0.3, 0.4) is 0 Å². The van der Waals surface area contributed by atoms with Gasteiger partial charge >= 0.3 is 5.97 Å². The van der Waals surface area contributed by atoms with Crippen LogP contribution in [0.15, 0.2) is 29.4 Å². The number of piperidine rings is 1. The van der Waals surface area contributed by atoms with E-state index in [9.17, 15) is 4.79 Å². The Morgan fingerprint density at radius 2 is 2.00 bits per heavy atom. The fourth-order valence-electron chi connectivity index (χ4n) is 3.45. The molecule has 0 saturated carbocycles. The Kier molecular flexibility index (Phi) is 5.33. The molecule has 3 rings (SSSR count). The van der Waals surface area contributed by atoms with E-state index in [1.165, 1.54) is 0 Å². The maximum Gasteiger partial charge on any atom is 0.303 e. The lowest BCUT2D eigenvalue weighted by atomic mass is 9.93. The van der Waals surface area contributed by atoms with Gasteiger partial charge in [-0.15, -0.1) is 0 Å². The van der Waals surface area contributed by atoms with Crippen LogP contribution in [0.5, 0.6) is 0 Å². The predicted molar refractivity (Wildman–Crippen MR) is 94.9 cm³/mol. The van der Waals surface area contributed by atoms with Crippen molar-refractivity contribution in [3.05, 3.63) is 35.4 Å². The van der Waals surface area contributed by atoms with Crippen LogP contribution in [0.1, 0.15) is 36.8 Å². The first-order valence-electron chi connectivity index (χ1n) is 8.63. The fourth-order valence-corrected chi connectivity index (χ4v) is 3.45. The Labute approximate surface area is 147 Å². The van der Waals surface area contributed by atoms with Crippen molar-refractivity contribution in [2.75, 3.05) is 19.6 Å². The minimum absolute atomic E-state index is 0.0403. The molecule has 0 radical (unpaired) electrons. The molecule has 0 aromatic heterocycles. The number of amidine groups is 1. The predicted octanol–water partition coefficient (Wildman–Crippen LogP) is 1.65. The van der Waals surface area contributed by atoms with Gasteiger partial charge in [0.15, 0.2) is 0 Å². The smallest absolute Gasteiger partial charge is 0.303 e. The Hall–Kier alpha value is -2.41. The summed E-state index contributed by atoms with van der Waals surface area (Å²) in [4.78, 5) is 18.7. The molecule has 0 amide bonds. The standard InChI is InChI=1S/C18H24N4O3/c19-18(20)14-3-1-13(2-4-14)16-10-15(25-21-16)11-22-7-5-12(6-8-22)9-17(23)24/h1-4,12,15H,5-11H2,(H3,19,20)(H,23,24)/t15-/m0/s1. The van der Waals surface area contributed by atoms with E-state index in [0.29, 0.717) is 11.5 Å². The molecule has 1 aromatic carbocycles. The normalized spacial score (nSPS) is 21.6. The molecule has 25 heavy (non-hydrogen) atoms. The van der Waals surface area contributed by atoms with Crippen LogP contribution in [0.4, 0.5) is 0 Å². The molecule has 2 aliphatic rings. The minimum atomic E-state index is -0.702. The fraction of sp³-hybridized carbons (Fsp3) is 0.500. The maximum atomic E-state index is 10.8. The van der Waals surface area contributed by atoms with Gasteiger partial charge in [0, 0.05) is 24.9 Å². The number of hydrogen-bond acceptors (Lipinski definition) is 5. The van der Waals surface area contributed by atoms with Crippen molar-refractivity contribution in [1.29, 1.82) is 5.41 Å². The van der Waals surface area contributed by atoms with Gasteiger partial charge in [0.2, 0.25) is 0 Å². The average molecular weight is 344 g/mol. The molecule has 4 N–H and O–H groups in total. The average Bonchev–Trinajstić information content (AvgIpc) is 3.05. The number of nitrogen functional groups attached to an aromatic ring is 1. The highest BCUT2D eigenvalue weighted by atomic mass is 16.6. The van der Waals surface area contributed by atoms with Crippen LogP contribution in [0.2, 0.25) is 0 Å². The molecule has 1 fully saturated rings. The molecule has 0 bridgehead atoms. The van der Waals surface area contributed by atoms with Gasteiger partial charge in [-0.3, -0.25) is 15.1 Å². The van der Waals surface area contributed by atoms with Crippen molar-refractivity contribution in [3.8, 4) is 0 Å². The molecule has 7 nitrogen and oxygen atoms in total. The zero-order chi connectivity index (χ0) is 17.8. The quantitative estimate of drug-likeness (QED) is 0.536. The molecule has 1 atom stereocenters. The van der Waals surface area contributed by atoms with Crippen LogP contribution in [-0.4, -0.2) is 53.3 Å². The Morgan fingerprint density at radius 3 is 2.60 bits per heavy atom. The van der Waals surface area contributed by atoms with E-state index >= 15 is 0 Å². The maximum absolute atomic E-state index is 10.8. The molecule has 0 spiro atoms. The SMILES string of the molecule is N=C(N)c1ccc(C2=NO[C@H](CN3CCC(CC(=O)O)CC3)C2)cc1. The molecule has 2 aliphatic heterocycles. The number of rotatable bonds is 6. The van der Waals surface area contributed by atoms with Gasteiger partial charge in [-0.05, 0) is 37.4 Å². The van der Waals surface area contributed by atoms with Crippen molar-refractivity contribution < 1.29 is 14.7 Å². The monoisotopic (exact) mass is 344 g/mol. The van der Waals surface area contributed by atoms with Gasteiger partial charge < -0.3 is 15.7 Å². The van der Waals surface area contributed by atoms with Gasteiger partial charge in [-0.2, -0.15) is 0 Å². The third-order valence-corrected chi connectivity index (χ3v) is 4.89. The number of nitrogens with two attached hydrogens (primary N) is 1. The molecule has 1 saturated heterocycles. The van der Waals surface area contributed by atoms with Crippen molar-refractivity contribution in [3.63, 3.8) is 0 Å². The van der Waals surface area contributed by atoms with E-state index in [1.54, 1.807) is 0 Å². The van der Waals surface area contributed by atoms with E-state index in [1.807, 2.05) is 24.3 Å². The third-order valence-electron chi connectivity index (χ3n) is 4.89. The number of carbonyl (C=O) groups is 1. The molecule has 1 aromatic rings. The first-order chi connectivity index (χ1) is 12.0. The lowest BCUT2D eigenvalue weighted by Gasteiger charge is -2.32. The second kappa shape index (κ2) is 7.65. The van der Waals surface area contributed by atoms with Gasteiger partial charge in [0.25, 0.3) is 0 Å². The van der Waals surface area contributed by atoms with Crippen LogP contribution in [-0.2, 0) is 9.63 Å². The van der Waals surface area contributed by atoms with E-state index < -0.39 is 5.97 Å². The highest BCUT2D eigenvalue weighted by molar-refractivity contribution is 6.02. The number of carboxylic acids is 1. The topological polar surface area (TPSA) is 112 Å². The minimum Gasteiger partial charge on any atom is -0.481 e. The summed E-state index contributed by atoms with van der Waals surface area (Å²) in [5, 5.41) is 20.5. The summed E-state index contributed by atoms with van der Waals surface area (Å²) in [5.74, 6) is -0.350. The van der Waals surface area contributed by atoms with E-state index in [-0.39, 0.29) is 18.4 Å².